The van der Waals surface area contributed by atoms with E-state index in [1.54, 1.807) is 0 Å². The lowest BCUT2D eigenvalue weighted by molar-refractivity contribution is -0.133. The molecule has 23 heavy (non-hydrogen) atoms. The molecule has 1 aromatic heterocycles. The number of amides is 2. The smallest absolute Gasteiger partial charge is 0.230 e. The number of likely N-dealkylation sites (tertiary alicyclic amines) is 1. The van der Waals surface area contributed by atoms with Gasteiger partial charge in [-0.25, -0.2) is 0 Å². The first-order valence-electron chi connectivity index (χ1n) is 8.47. The molecule has 2 atom stereocenters. The van der Waals surface area contributed by atoms with Crippen molar-refractivity contribution in [3.63, 3.8) is 0 Å². The summed E-state index contributed by atoms with van der Waals surface area (Å²) in [6.45, 7) is 4.63. The van der Waals surface area contributed by atoms with Crippen LogP contribution in [0.1, 0.15) is 49.8 Å². The predicted octanol–water partition coefficient (Wildman–Crippen LogP) is 2.21. The number of carbonyl (C=O) groups excluding carboxylic acids is 2. The van der Waals surface area contributed by atoms with Gasteiger partial charge in [-0.15, -0.1) is 5.10 Å². The van der Waals surface area contributed by atoms with Crippen molar-refractivity contribution in [3.05, 3.63) is 17.3 Å². The molecule has 1 N–H and O–H groups in total. The number of hydrogen-bond acceptors (Lipinski definition) is 4. The maximum atomic E-state index is 12.7. The first-order valence-corrected chi connectivity index (χ1v) is 8.47. The number of hydrogen-bond donors (Lipinski definition) is 1. The van der Waals surface area contributed by atoms with Crippen LogP contribution in [-0.4, -0.2) is 39.5 Å². The molecule has 1 saturated heterocycles. The van der Waals surface area contributed by atoms with Crippen LogP contribution in [-0.2, 0) is 9.59 Å². The molecule has 1 saturated carbocycles. The Morgan fingerprint density at radius 3 is 2.70 bits per heavy atom. The van der Waals surface area contributed by atoms with E-state index in [9.17, 15) is 9.59 Å². The Bertz CT molecular complexity index is 617. The Balaban J connectivity index is 1.73. The van der Waals surface area contributed by atoms with Gasteiger partial charge in [0.25, 0.3) is 0 Å². The summed E-state index contributed by atoms with van der Waals surface area (Å²) in [6, 6.07) is 1.89. The minimum Gasteiger partial charge on any atom is -0.339 e. The van der Waals surface area contributed by atoms with Gasteiger partial charge >= 0.3 is 0 Å². The van der Waals surface area contributed by atoms with Crippen molar-refractivity contribution < 1.29 is 9.59 Å². The summed E-state index contributed by atoms with van der Waals surface area (Å²) >= 11 is 0. The third-order valence-electron chi connectivity index (χ3n) is 5.06. The Hall–Kier alpha value is -1.98. The molecule has 0 unspecified atom stereocenters. The van der Waals surface area contributed by atoms with E-state index in [0.717, 1.165) is 49.9 Å². The maximum absolute atomic E-state index is 12.7. The van der Waals surface area contributed by atoms with Gasteiger partial charge in [0.05, 0.1) is 11.6 Å². The Morgan fingerprint density at radius 1 is 1.22 bits per heavy atom. The van der Waals surface area contributed by atoms with Crippen molar-refractivity contribution in [1.29, 1.82) is 0 Å². The van der Waals surface area contributed by atoms with Crippen LogP contribution < -0.4 is 5.32 Å². The van der Waals surface area contributed by atoms with Crippen LogP contribution in [0.3, 0.4) is 0 Å². The molecule has 124 valence electrons. The lowest BCUT2D eigenvalue weighted by atomic mass is 9.83. The summed E-state index contributed by atoms with van der Waals surface area (Å²) < 4.78 is 0. The molecule has 2 aliphatic rings. The summed E-state index contributed by atoms with van der Waals surface area (Å²) in [5, 5.41) is 11.0. The van der Waals surface area contributed by atoms with Gasteiger partial charge in [-0.3, -0.25) is 9.59 Å². The molecule has 0 radical (unpaired) electrons. The quantitative estimate of drug-likeness (QED) is 0.927. The van der Waals surface area contributed by atoms with Crippen molar-refractivity contribution in [1.82, 2.24) is 15.1 Å². The van der Waals surface area contributed by atoms with E-state index in [1.165, 1.54) is 0 Å². The molecule has 1 aromatic rings. The largest absolute Gasteiger partial charge is 0.339 e. The van der Waals surface area contributed by atoms with Crippen LogP contribution in [0, 0.1) is 19.8 Å². The van der Waals surface area contributed by atoms with E-state index >= 15 is 0 Å². The second kappa shape index (κ2) is 6.64. The van der Waals surface area contributed by atoms with Gasteiger partial charge in [0.1, 0.15) is 0 Å². The number of nitrogens with one attached hydrogen (secondary N) is 1. The molecule has 3 rings (SSSR count). The van der Waals surface area contributed by atoms with Crippen LogP contribution in [0.4, 0.5) is 5.82 Å². The van der Waals surface area contributed by atoms with E-state index in [1.807, 2.05) is 24.8 Å². The van der Waals surface area contributed by atoms with Gasteiger partial charge in [-0.1, -0.05) is 12.8 Å². The fourth-order valence-corrected chi connectivity index (χ4v) is 3.64. The predicted molar refractivity (Wildman–Crippen MR) is 86.8 cm³/mol. The summed E-state index contributed by atoms with van der Waals surface area (Å²) in [7, 11) is 0. The fraction of sp³-hybridized carbons (Fsp3) is 0.647. The number of carbonyl (C=O) groups is 2. The highest BCUT2D eigenvalue weighted by Crippen LogP contribution is 2.32. The molecule has 0 aromatic carbocycles. The van der Waals surface area contributed by atoms with Crippen molar-refractivity contribution in [2.75, 3.05) is 11.9 Å². The molecule has 1 aliphatic carbocycles. The molecule has 6 heteroatoms. The standard InChI is InChI=1S/C17H24N4O2/c1-11-10-15(20-19-12(11)2)18-17(23)13-6-3-4-7-14(13)21-9-5-8-16(21)22/h10,13-14H,3-9H2,1-2H3,(H,18,20,23)/t13-,14+/m1/s1. The van der Waals surface area contributed by atoms with Gasteiger partial charge in [0, 0.05) is 19.0 Å². The number of nitrogens with zero attached hydrogens (tertiary/aromatic N) is 3. The van der Waals surface area contributed by atoms with Gasteiger partial charge in [0.2, 0.25) is 11.8 Å². The minimum absolute atomic E-state index is 0.0352. The third-order valence-corrected chi connectivity index (χ3v) is 5.06. The molecular weight excluding hydrogens is 292 g/mol. The Morgan fingerprint density at radius 2 is 2.00 bits per heavy atom. The first-order chi connectivity index (χ1) is 11.1. The molecule has 1 aliphatic heterocycles. The molecule has 6 nitrogen and oxygen atoms in total. The average Bonchev–Trinajstić information content (AvgIpc) is 2.97. The summed E-state index contributed by atoms with van der Waals surface area (Å²) in [5.74, 6) is 0.511. The molecular formula is C17H24N4O2. The van der Waals surface area contributed by atoms with Crippen LogP contribution in [0.2, 0.25) is 0 Å². The highest BCUT2D eigenvalue weighted by molar-refractivity contribution is 5.92. The van der Waals surface area contributed by atoms with Gasteiger partial charge in [-0.05, 0) is 44.7 Å². The van der Waals surface area contributed by atoms with Crippen molar-refractivity contribution in [2.24, 2.45) is 5.92 Å². The summed E-state index contributed by atoms with van der Waals surface area (Å²) in [4.78, 5) is 26.7. The maximum Gasteiger partial charge on any atom is 0.230 e. The molecule has 2 amide bonds. The zero-order valence-corrected chi connectivity index (χ0v) is 13.8. The second-order valence-electron chi connectivity index (χ2n) is 6.64. The third kappa shape index (κ3) is 3.35. The van der Waals surface area contributed by atoms with E-state index < -0.39 is 0 Å². The van der Waals surface area contributed by atoms with E-state index in [0.29, 0.717) is 12.2 Å². The highest BCUT2D eigenvalue weighted by Gasteiger charge is 2.38. The van der Waals surface area contributed by atoms with Crippen molar-refractivity contribution in [2.45, 2.75) is 58.4 Å². The van der Waals surface area contributed by atoms with Crippen molar-refractivity contribution >= 4 is 17.6 Å². The lowest BCUT2D eigenvalue weighted by Crippen LogP contribution is -2.47. The summed E-state index contributed by atoms with van der Waals surface area (Å²) in [6.07, 6.45) is 5.40. The Labute approximate surface area is 136 Å². The lowest BCUT2D eigenvalue weighted by Gasteiger charge is -2.37. The van der Waals surface area contributed by atoms with E-state index in [4.69, 9.17) is 0 Å². The summed E-state index contributed by atoms with van der Waals surface area (Å²) in [5.41, 5.74) is 1.87. The topological polar surface area (TPSA) is 75.2 Å². The van der Waals surface area contributed by atoms with E-state index in [-0.39, 0.29) is 23.8 Å². The molecule has 2 fully saturated rings. The van der Waals surface area contributed by atoms with Crippen molar-refractivity contribution in [3.8, 4) is 0 Å². The molecule has 0 spiro atoms. The van der Waals surface area contributed by atoms with Crippen LogP contribution in [0.15, 0.2) is 6.07 Å². The molecule has 2 heterocycles. The second-order valence-corrected chi connectivity index (χ2v) is 6.64. The highest BCUT2D eigenvalue weighted by atomic mass is 16.2. The number of aryl methyl sites for hydroxylation is 2. The SMILES string of the molecule is Cc1cc(NC(=O)[C@@H]2CCCC[C@@H]2N2CCCC2=O)nnc1C. The fourth-order valence-electron chi connectivity index (χ4n) is 3.64. The molecule has 0 bridgehead atoms. The number of anilines is 1. The zero-order valence-electron chi connectivity index (χ0n) is 13.8. The average molecular weight is 316 g/mol. The Kier molecular flexibility index (Phi) is 4.59. The van der Waals surface area contributed by atoms with E-state index in [2.05, 4.69) is 15.5 Å². The number of aromatic nitrogens is 2. The van der Waals surface area contributed by atoms with Gasteiger partial charge in [0.15, 0.2) is 5.82 Å². The van der Waals surface area contributed by atoms with Gasteiger partial charge in [-0.2, -0.15) is 5.10 Å². The van der Waals surface area contributed by atoms with Crippen LogP contribution in [0.5, 0.6) is 0 Å². The van der Waals surface area contributed by atoms with Crippen LogP contribution >= 0.6 is 0 Å². The normalized spacial score (nSPS) is 24.8. The van der Waals surface area contributed by atoms with Gasteiger partial charge < -0.3 is 10.2 Å². The first kappa shape index (κ1) is 15.9. The number of rotatable bonds is 3. The minimum atomic E-state index is -0.144. The zero-order chi connectivity index (χ0) is 16.4. The van der Waals surface area contributed by atoms with Crippen LogP contribution in [0.25, 0.3) is 0 Å². The monoisotopic (exact) mass is 316 g/mol.